The van der Waals surface area contributed by atoms with Gasteiger partial charge >= 0.3 is 0 Å². The Kier molecular flexibility index (Phi) is 4.49. The fraction of sp³-hybridized carbons (Fsp3) is 0.571. The molecule has 0 aliphatic carbocycles. The maximum absolute atomic E-state index is 6.33. The van der Waals surface area contributed by atoms with Gasteiger partial charge in [-0.05, 0) is 56.5 Å². The van der Waals surface area contributed by atoms with Crippen molar-refractivity contribution in [1.29, 1.82) is 0 Å². The first-order chi connectivity index (χ1) is 8.63. The summed E-state index contributed by atoms with van der Waals surface area (Å²) in [5.41, 5.74) is 8.59. The summed E-state index contributed by atoms with van der Waals surface area (Å²) in [7, 11) is 0. The van der Waals surface area contributed by atoms with Crippen LogP contribution in [0.3, 0.4) is 0 Å². The average Bonchev–Trinajstić information content (AvgIpc) is 2.86. The van der Waals surface area contributed by atoms with Crippen LogP contribution in [0.4, 0.5) is 0 Å². The first-order valence-corrected chi connectivity index (χ1v) is 6.93. The van der Waals surface area contributed by atoms with Crippen molar-refractivity contribution in [2.24, 2.45) is 5.73 Å². The van der Waals surface area contributed by atoms with E-state index in [1.807, 2.05) is 19.1 Å². The quantitative estimate of drug-likeness (QED) is 0.883. The molecule has 3 N–H and O–H groups in total. The van der Waals surface area contributed by atoms with Crippen molar-refractivity contribution in [3.63, 3.8) is 0 Å². The molecule has 0 radical (unpaired) electrons. The SMILES string of the molecule is CCOc1cc(C)c(C(N)C2CCCN2)cc1Cl. The van der Waals surface area contributed by atoms with E-state index in [2.05, 4.69) is 12.2 Å². The number of nitrogens with one attached hydrogen (secondary N) is 1. The van der Waals surface area contributed by atoms with Crippen LogP contribution < -0.4 is 15.8 Å². The van der Waals surface area contributed by atoms with Crippen LogP contribution in [-0.2, 0) is 0 Å². The summed E-state index contributed by atoms with van der Waals surface area (Å²) < 4.78 is 5.49. The highest BCUT2D eigenvalue weighted by Crippen LogP contribution is 2.32. The lowest BCUT2D eigenvalue weighted by Crippen LogP contribution is -2.34. The molecular weight excluding hydrogens is 248 g/mol. The van der Waals surface area contributed by atoms with Gasteiger partial charge in [0.15, 0.2) is 0 Å². The Morgan fingerprint density at radius 2 is 2.33 bits per heavy atom. The molecule has 2 atom stereocenters. The van der Waals surface area contributed by atoms with Crippen molar-refractivity contribution < 1.29 is 4.74 Å². The van der Waals surface area contributed by atoms with Gasteiger partial charge in [-0.15, -0.1) is 0 Å². The van der Waals surface area contributed by atoms with E-state index in [9.17, 15) is 0 Å². The fourth-order valence-electron chi connectivity index (χ4n) is 2.53. The molecule has 1 heterocycles. The molecular formula is C14H21ClN2O. The van der Waals surface area contributed by atoms with Crippen LogP contribution in [0.1, 0.15) is 36.9 Å². The summed E-state index contributed by atoms with van der Waals surface area (Å²) >= 11 is 6.23. The molecule has 2 rings (SSSR count). The molecule has 1 aliphatic rings. The van der Waals surface area contributed by atoms with E-state index in [0.717, 1.165) is 29.8 Å². The molecule has 4 heteroatoms. The highest BCUT2D eigenvalue weighted by molar-refractivity contribution is 6.32. The molecule has 0 bridgehead atoms. The molecule has 0 amide bonds. The van der Waals surface area contributed by atoms with E-state index in [-0.39, 0.29) is 6.04 Å². The standard InChI is InChI=1S/C14H21ClN2O/c1-3-18-13-7-9(2)10(8-11(13)15)14(16)12-5-4-6-17-12/h7-8,12,14,17H,3-6,16H2,1-2H3. The third-order valence-corrected chi connectivity index (χ3v) is 3.81. The number of hydrogen-bond donors (Lipinski definition) is 2. The maximum atomic E-state index is 6.33. The van der Waals surface area contributed by atoms with Crippen LogP contribution in [0.2, 0.25) is 5.02 Å². The summed E-state index contributed by atoms with van der Waals surface area (Å²) in [6, 6.07) is 4.29. The van der Waals surface area contributed by atoms with E-state index in [4.69, 9.17) is 22.1 Å². The molecule has 18 heavy (non-hydrogen) atoms. The highest BCUT2D eigenvalue weighted by Gasteiger charge is 2.24. The third-order valence-electron chi connectivity index (χ3n) is 3.51. The lowest BCUT2D eigenvalue weighted by atomic mass is 9.95. The Labute approximate surface area is 114 Å². The molecule has 100 valence electrons. The van der Waals surface area contributed by atoms with Crippen molar-refractivity contribution in [3.8, 4) is 5.75 Å². The van der Waals surface area contributed by atoms with E-state index >= 15 is 0 Å². The van der Waals surface area contributed by atoms with E-state index in [1.165, 1.54) is 6.42 Å². The second-order valence-electron chi connectivity index (χ2n) is 4.80. The molecule has 2 unspecified atom stereocenters. The lowest BCUT2D eigenvalue weighted by molar-refractivity contribution is 0.340. The van der Waals surface area contributed by atoms with Crippen LogP contribution >= 0.6 is 11.6 Å². The second kappa shape index (κ2) is 5.91. The van der Waals surface area contributed by atoms with Crippen molar-refractivity contribution in [2.45, 2.75) is 38.8 Å². The Morgan fingerprint density at radius 3 is 2.94 bits per heavy atom. The molecule has 1 aliphatic heterocycles. The van der Waals surface area contributed by atoms with Crippen LogP contribution in [0.25, 0.3) is 0 Å². The van der Waals surface area contributed by atoms with Gasteiger partial charge in [0, 0.05) is 12.1 Å². The molecule has 3 nitrogen and oxygen atoms in total. The molecule has 0 saturated carbocycles. The summed E-state index contributed by atoms with van der Waals surface area (Å²) in [5.74, 6) is 0.743. The minimum absolute atomic E-state index is 0.000626. The predicted octanol–water partition coefficient (Wildman–Crippen LogP) is 2.80. The van der Waals surface area contributed by atoms with Crippen molar-refractivity contribution in [1.82, 2.24) is 5.32 Å². The second-order valence-corrected chi connectivity index (χ2v) is 5.21. The Bertz CT molecular complexity index is 417. The lowest BCUT2D eigenvalue weighted by Gasteiger charge is -2.22. The minimum Gasteiger partial charge on any atom is -0.492 e. The molecule has 1 saturated heterocycles. The number of ether oxygens (including phenoxy) is 1. The van der Waals surface area contributed by atoms with Crippen LogP contribution in [0.15, 0.2) is 12.1 Å². The first-order valence-electron chi connectivity index (χ1n) is 6.55. The summed E-state index contributed by atoms with van der Waals surface area (Å²) in [6.07, 6.45) is 2.33. The summed E-state index contributed by atoms with van der Waals surface area (Å²) in [5, 5.41) is 4.09. The van der Waals surface area contributed by atoms with Gasteiger partial charge < -0.3 is 15.8 Å². The van der Waals surface area contributed by atoms with Gasteiger partial charge in [0.05, 0.1) is 11.6 Å². The van der Waals surface area contributed by atoms with Gasteiger partial charge in [-0.3, -0.25) is 0 Å². The smallest absolute Gasteiger partial charge is 0.138 e. The number of halogens is 1. The Balaban J connectivity index is 2.24. The van der Waals surface area contributed by atoms with E-state index in [0.29, 0.717) is 17.7 Å². The fourth-order valence-corrected chi connectivity index (χ4v) is 2.76. The molecule has 0 aromatic heterocycles. The largest absolute Gasteiger partial charge is 0.492 e. The van der Waals surface area contributed by atoms with Crippen molar-refractivity contribution in [2.75, 3.05) is 13.2 Å². The Morgan fingerprint density at radius 1 is 1.56 bits per heavy atom. The van der Waals surface area contributed by atoms with Gasteiger partial charge in [0.1, 0.15) is 5.75 Å². The highest BCUT2D eigenvalue weighted by atomic mass is 35.5. The van der Waals surface area contributed by atoms with Gasteiger partial charge in [0.25, 0.3) is 0 Å². The van der Waals surface area contributed by atoms with Crippen molar-refractivity contribution >= 4 is 11.6 Å². The van der Waals surface area contributed by atoms with Crippen molar-refractivity contribution in [3.05, 3.63) is 28.3 Å². The summed E-state index contributed by atoms with van der Waals surface area (Å²) in [4.78, 5) is 0. The molecule has 1 aromatic rings. The van der Waals surface area contributed by atoms with E-state index in [1.54, 1.807) is 0 Å². The third kappa shape index (κ3) is 2.79. The Hall–Kier alpha value is -0.770. The van der Waals surface area contributed by atoms with Crippen LogP contribution in [0, 0.1) is 6.92 Å². The number of benzene rings is 1. The monoisotopic (exact) mass is 268 g/mol. The van der Waals surface area contributed by atoms with Gasteiger partial charge in [-0.25, -0.2) is 0 Å². The number of hydrogen-bond acceptors (Lipinski definition) is 3. The minimum atomic E-state index is 0.000626. The average molecular weight is 269 g/mol. The topological polar surface area (TPSA) is 47.3 Å². The van der Waals surface area contributed by atoms with Gasteiger partial charge in [0.2, 0.25) is 0 Å². The molecule has 1 aromatic carbocycles. The normalized spacial score (nSPS) is 21.0. The predicted molar refractivity (Wildman–Crippen MR) is 75.3 cm³/mol. The van der Waals surface area contributed by atoms with E-state index < -0.39 is 0 Å². The van der Waals surface area contributed by atoms with Crippen LogP contribution in [-0.4, -0.2) is 19.2 Å². The number of nitrogens with two attached hydrogens (primary N) is 1. The van der Waals surface area contributed by atoms with Gasteiger partial charge in [-0.1, -0.05) is 11.6 Å². The molecule has 1 fully saturated rings. The summed E-state index contributed by atoms with van der Waals surface area (Å²) in [6.45, 7) is 5.69. The zero-order valence-corrected chi connectivity index (χ0v) is 11.8. The first kappa shape index (κ1) is 13.7. The van der Waals surface area contributed by atoms with Crippen LogP contribution in [0.5, 0.6) is 5.75 Å². The number of rotatable bonds is 4. The van der Waals surface area contributed by atoms with Gasteiger partial charge in [-0.2, -0.15) is 0 Å². The maximum Gasteiger partial charge on any atom is 0.138 e. The molecule has 0 spiro atoms. The zero-order valence-electron chi connectivity index (χ0n) is 11.0. The number of aryl methyl sites for hydroxylation is 1. The zero-order chi connectivity index (χ0) is 13.1.